The molecule has 0 atom stereocenters. The molecule has 0 saturated heterocycles. The third-order valence-electron chi connectivity index (χ3n) is 8.26. The molecule has 282 valence electrons. The van der Waals surface area contributed by atoms with E-state index in [-0.39, 0.29) is 55.2 Å². The van der Waals surface area contributed by atoms with Gasteiger partial charge < -0.3 is 26.8 Å². The molecule has 0 aliphatic heterocycles. The van der Waals surface area contributed by atoms with Crippen LogP contribution in [-0.2, 0) is 46.4 Å². The molecule has 3 aliphatic rings. The van der Waals surface area contributed by atoms with Gasteiger partial charge in [-0.3, -0.25) is 0 Å². The van der Waals surface area contributed by atoms with Gasteiger partial charge in [0.2, 0.25) is 0 Å². The van der Waals surface area contributed by atoms with Gasteiger partial charge in [0.05, 0.1) is 73.0 Å². The molecule has 0 spiro atoms. The van der Waals surface area contributed by atoms with Gasteiger partial charge in [-0.15, -0.1) is 0 Å². The van der Waals surface area contributed by atoms with E-state index >= 15 is 0 Å². The van der Waals surface area contributed by atoms with Gasteiger partial charge in [-0.05, 0) is 77.0 Å². The molecule has 1 aromatic heterocycles. The van der Waals surface area contributed by atoms with Gasteiger partial charge in [-0.25, -0.2) is 28.1 Å². The molecule has 0 amide bonds. The van der Waals surface area contributed by atoms with Crippen molar-refractivity contribution in [3.63, 3.8) is 0 Å². The number of ether oxygens (including phenoxy) is 3. The molecule has 1 aromatic rings. The van der Waals surface area contributed by atoms with Gasteiger partial charge in [0.15, 0.2) is 0 Å². The molecule has 4 rings (SSSR count). The van der Waals surface area contributed by atoms with Gasteiger partial charge in [-0.2, -0.15) is 0 Å². The molecule has 0 radical (unpaired) electrons. The number of aromatic nitrogens is 3. The summed E-state index contributed by atoms with van der Waals surface area (Å²) in [5.74, 6) is 2.04. The summed E-state index contributed by atoms with van der Waals surface area (Å²) in [4.78, 5) is 40.2. The first-order valence-corrected chi connectivity index (χ1v) is 21.1. The van der Waals surface area contributed by atoms with E-state index < -0.39 is 17.1 Å². The zero-order valence-corrected chi connectivity index (χ0v) is 33.4. The molecule has 1 heterocycles. The van der Waals surface area contributed by atoms with Crippen molar-refractivity contribution in [1.29, 1.82) is 0 Å². The summed E-state index contributed by atoms with van der Waals surface area (Å²) in [7, 11) is 0. The zero-order valence-electron chi connectivity index (χ0n) is 28.5. The van der Waals surface area contributed by atoms with Crippen molar-refractivity contribution >= 4 is 88.5 Å². The van der Waals surface area contributed by atoms with E-state index in [1.165, 1.54) is 72.1 Å². The number of rotatable bonds is 18. The number of hydrogen-bond donors (Lipinski definition) is 0. The average Bonchev–Trinajstić information content (AvgIpc) is 3.14. The molecule has 0 aromatic carbocycles. The summed E-state index contributed by atoms with van der Waals surface area (Å²) in [6.45, 7) is -0.998. The van der Waals surface area contributed by atoms with Gasteiger partial charge in [0.25, 0.3) is 0 Å². The Hall–Kier alpha value is -2.25. The molecule has 0 N–H and O–H groups in total. The van der Waals surface area contributed by atoms with Gasteiger partial charge in [0.1, 0.15) is 19.8 Å². The lowest BCUT2D eigenvalue weighted by atomic mass is 10.0. The normalized spacial score (nSPS) is 15.9. The zero-order chi connectivity index (χ0) is 36.3. The second-order valence-electron chi connectivity index (χ2n) is 12.0. The monoisotopic (exact) mass is 819 g/mol. The SMILES string of the molecule is O=c1n(CCOC(=S)OSCC2=CCCCC2)c(=O)n(CCOC(=S)OSCC2=CCCCC2)c(=O)n1CCOC(=S)OSCC1=CCCCC1. The Bertz CT molecular complexity index is 1400. The largest absolute Gasteiger partial charge is 0.454 e. The van der Waals surface area contributed by atoms with Crippen LogP contribution >= 0.6 is 72.8 Å². The molecule has 0 bridgehead atoms. The smallest absolute Gasteiger partial charge is 0.364 e. The predicted octanol–water partition coefficient (Wildman–Crippen LogP) is 6.57. The van der Waals surface area contributed by atoms with Gasteiger partial charge >= 0.3 is 32.8 Å². The van der Waals surface area contributed by atoms with E-state index in [1.807, 2.05) is 0 Å². The fourth-order valence-corrected chi connectivity index (χ4v) is 8.09. The van der Waals surface area contributed by atoms with Crippen LogP contribution < -0.4 is 17.1 Å². The van der Waals surface area contributed by atoms with Crippen molar-refractivity contribution in [1.82, 2.24) is 13.7 Å². The third kappa shape index (κ3) is 15.0. The number of allylic oxidation sites excluding steroid dienone is 3. The summed E-state index contributed by atoms with van der Waals surface area (Å²) < 4.78 is 35.5. The third-order valence-corrected chi connectivity index (χ3v) is 11.5. The average molecular weight is 820 g/mol. The van der Waals surface area contributed by atoms with E-state index in [1.54, 1.807) is 0 Å². The topological polar surface area (TPSA) is 121 Å². The van der Waals surface area contributed by atoms with Crippen molar-refractivity contribution in [3.8, 4) is 0 Å². The molecule has 0 unspecified atom stereocenters. The van der Waals surface area contributed by atoms with Crippen LogP contribution in [0.1, 0.15) is 77.0 Å². The standard InChI is InChI=1S/C33H45N3O9S6/c37-28-34(16-19-40-31(46)43-49-22-25-10-4-1-5-11-25)29(38)36(18-21-42-33(48)45-51-24-27-14-8-3-9-15-27)30(39)35(28)17-20-41-32(47)44-50-23-26-12-6-2-7-13-26/h10,12,14H,1-9,11,13,15-24H2. The highest BCUT2D eigenvalue weighted by Crippen LogP contribution is 2.23. The molecule has 0 saturated carbocycles. The van der Waals surface area contributed by atoms with Crippen LogP contribution in [0.2, 0.25) is 0 Å². The van der Waals surface area contributed by atoms with Crippen LogP contribution in [0.25, 0.3) is 0 Å². The highest BCUT2D eigenvalue weighted by atomic mass is 32.2. The van der Waals surface area contributed by atoms with Crippen LogP contribution in [0.15, 0.2) is 49.3 Å². The lowest BCUT2D eigenvalue weighted by molar-refractivity contribution is 0.218. The Labute approximate surface area is 327 Å². The molecular formula is C33H45N3O9S6. The highest BCUT2D eigenvalue weighted by molar-refractivity contribution is 7.96. The summed E-state index contributed by atoms with van der Waals surface area (Å²) in [6, 6.07) is 0. The van der Waals surface area contributed by atoms with Crippen LogP contribution in [0.4, 0.5) is 0 Å². The van der Waals surface area contributed by atoms with E-state index in [9.17, 15) is 14.4 Å². The molecule has 51 heavy (non-hydrogen) atoms. The van der Waals surface area contributed by atoms with Crippen molar-refractivity contribution in [2.45, 2.75) is 96.7 Å². The fraction of sp³-hybridized carbons (Fsp3) is 0.636. The lowest BCUT2D eigenvalue weighted by Crippen LogP contribution is -2.55. The Morgan fingerprint density at radius 3 is 1.06 bits per heavy atom. The summed E-state index contributed by atoms with van der Waals surface area (Å²) in [6.07, 6.45) is 20.1. The molecular weight excluding hydrogens is 775 g/mol. The Kier molecular flexibility index (Phi) is 19.1. The number of hydrogen-bond acceptors (Lipinski definition) is 15. The van der Waals surface area contributed by atoms with E-state index in [0.717, 1.165) is 71.5 Å². The van der Waals surface area contributed by atoms with E-state index in [2.05, 4.69) is 18.2 Å². The molecule has 3 aliphatic carbocycles. The van der Waals surface area contributed by atoms with Crippen LogP contribution in [0.5, 0.6) is 0 Å². The predicted molar refractivity (Wildman–Crippen MR) is 215 cm³/mol. The minimum Gasteiger partial charge on any atom is -0.454 e. The van der Waals surface area contributed by atoms with Gasteiger partial charge in [-0.1, -0.05) is 34.9 Å². The Balaban J connectivity index is 1.32. The van der Waals surface area contributed by atoms with Crippen LogP contribution in [0, 0.1) is 0 Å². The minimum absolute atomic E-state index is 0.114. The first-order valence-electron chi connectivity index (χ1n) is 17.2. The van der Waals surface area contributed by atoms with E-state index in [0.29, 0.717) is 17.3 Å². The second-order valence-corrected chi connectivity index (χ2v) is 15.0. The highest BCUT2D eigenvalue weighted by Gasteiger charge is 2.18. The van der Waals surface area contributed by atoms with Crippen LogP contribution in [-0.4, -0.2) is 66.5 Å². The minimum atomic E-state index is -0.836. The lowest BCUT2D eigenvalue weighted by Gasteiger charge is -2.16. The quantitative estimate of drug-likeness (QED) is 0.0901. The maximum Gasteiger partial charge on any atom is 0.364 e. The molecule has 0 fully saturated rings. The number of thiocarbonyl (C=S) groups is 3. The summed E-state index contributed by atoms with van der Waals surface area (Å²) >= 11 is 19.1. The first kappa shape index (κ1) is 41.5. The first-order chi connectivity index (χ1) is 24.8. The summed E-state index contributed by atoms with van der Waals surface area (Å²) in [5.41, 5.74) is 1.42. The maximum atomic E-state index is 13.4. The van der Waals surface area contributed by atoms with E-state index in [4.69, 9.17) is 63.4 Å². The van der Waals surface area contributed by atoms with Crippen molar-refractivity contribution in [3.05, 3.63) is 66.4 Å². The Morgan fingerprint density at radius 1 is 0.510 bits per heavy atom. The van der Waals surface area contributed by atoms with Crippen LogP contribution in [0.3, 0.4) is 0 Å². The maximum absolute atomic E-state index is 13.4. The Morgan fingerprint density at radius 2 is 0.804 bits per heavy atom. The van der Waals surface area contributed by atoms with Crippen molar-refractivity contribution in [2.75, 3.05) is 37.1 Å². The van der Waals surface area contributed by atoms with Crippen molar-refractivity contribution < 1.29 is 26.8 Å². The number of nitrogens with zero attached hydrogens (tertiary/aromatic N) is 3. The summed E-state index contributed by atoms with van der Waals surface area (Å²) in [5, 5.41) is -0.341. The molecule has 18 heteroatoms. The van der Waals surface area contributed by atoms with Gasteiger partial charge in [0, 0.05) is 36.7 Å². The molecule has 12 nitrogen and oxygen atoms in total. The second kappa shape index (κ2) is 23.4. The fourth-order valence-electron chi connectivity index (χ4n) is 5.56. The van der Waals surface area contributed by atoms with Crippen molar-refractivity contribution in [2.24, 2.45) is 0 Å².